The van der Waals surface area contributed by atoms with Crippen molar-refractivity contribution in [3.63, 3.8) is 0 Å². The highest BCUT2D eigenvalue weighted by molar-refractivity contribution is 5.75. The molecule has 1 aliphatic heterocycles. The lowest BCUT2D eigenvalue weighted by molar-refractivity contribution is -0.157. The molecular weight excluding hydrogens is 316 g/mol. The molecule has 0 bridgehead atoms. The van der Waals surface area contributed by atoms with Gasteiger partial charge in [-0.25, -0.2) is 9.36 Å². The minimum absolute atomic E-state index is 0.118. The third kappa shape index (κ3) is 3.76. The molecule has 0 amide bonds. The van der Waals surface area contributed by atoms with Crippen molar-refractivity contribution < 1.29 is 19.4 Å². The third-order valence-electron chi connectivity index (χ3n) is 3.90. The first-order chi connectivity index (χ1) is 11.1. The summed E-state index contributed by atoms with van der Waals surface area (Å²) in [7, 11) is 0. The van der Waals surface area contributed by atoms with Gasteiger partial charge in [-0.1, -0.05) is 0 Å². The van der Waals surface area contributed by atoms with Crippen molar-refractivity contribution in [2.24, 2.45) is 5.41 Å². The van der Waals surface area contributed by atoms with Gasteiger partial charge < -0.3 is 14.6 Å². The maximum Gasteiger partial charge on any atom is 0.335 e. The molecule has 0 radical (unpaired) electrons. The van der Waals surface area contributed by atoms with Crippen molar-refractivity contribution in [1.82, 2.24) is 9.13 Å². The lowest BCUT2D eigenvalue weighted by Gasteiger charge is -2.19. The van der Waals surface area contributed by atoms with Gasteiger partial charge >= 0.3 is 11.7 Å². The maximum absolute atomic E-state index is 12.6. The number of esters is 1. The lowest BCUT2D eigenvalue weighted by Crippen LogP contribution is -2.43. The van der Waals surface area contributed by atoms with Gasteiger partial charge in [-0.2, -0.15) is 0 Å². The fourth-order valence-electron chi connectivity index (χ4n) is 2.44. The molecule has 0 spiro atoms. The van der Waals surface area contributed by atoms with Crippen molar-refractivity contribution in [2.75, 3.05) is 6.61 Å². The molecule has 8 nitrogen and oxygen atoms in total. The summed E-state index contributed by atoms with van der Waals surface area (Å²) in [5.74, 6) is -0.501. The van der Waals surface area contributed by atoms with Gasteiger partial charge in [-0.3, -0.25) is 14.2 Å². The van der Waals surface area contributed by atoms with Crippen LogP contribution < -0.4 is 11.2 Å². The van der Waals surface area contributed by atoms with Crippen LogP contribution in [0.2, 0.25) is 0 Å². The average Bonchev–Trinajstić information content (AvgIpc) is 2.98. The number of aromatic nitrogens is 2. The molecule has 1 aromatic heterocycles. The number of hydrogen-bond acceptors (Lipinski definition) is 6. The van der Waals surface area contributed by atoms with Crippen molar-refractivity contribution >= 4 is 5.97 Å². The highest BCUT2D eigenvalue weighted by Gasteiger charge is 2.28. The molecule has 0 saturated carbocycles. The Hall–Kier alpha value is -1.93. The zero-order valence-electron chi connectivity index (χ0n) is 14.4. The summed E-state index contributed by atoms with van der Waals surface area (Å²) in [6.07, 6.45) is 1.77. The second kappa shape index (κ2) is 6.90. The van der Waals surface area contributed by atoms with Crippen LogP contribution in [0.3, 0.4) is 0 Å². The van der Waals surface area contributed by atoms with Gasteiger partial charge in [0.05, 0.1) is 18.1 Å². The van der Waals surface area contributed by atoms with Crippen LogP contribution in [-0.2, 0) is 21.0 Å². The van der Waals surface area contributed by atoms with E-state index in [-0.39, 0.29) is 12.7 Å². The Morgan fingerprint density at radius 3 is 2.58 bits per heavy atom. The number of aliphatic hydroxyl groups is 1. The van der Waals surface area contributed by atoms with Crippen molar-refractivity contribution in [1.29, 1.82) is 0 Å². The first kappa shape index (κ1) is 18.4. The second-order valence-corrected chi connectivity index (χ2v) is 7.02. The predicted molar refractivity (Wildman–Crippen MR) is 85.5 cm³/mol. The first-order valence-electron chi connectivity index (χ1n) is 7.91. The van der Waals surface area contributed by atoms with Crippen LogP contribution in [0, 0.1) is 12.3 Å². The van der Waals surface area contributed by atoms with E-state index >= 15 is 0 Å². The van der Waals surface area contributed by atoms with Crippen LogP contribution in [0.5, 0.6) is 0 Å². The van der Waals surface area contributed by atoms with Crippen molar-refractivity contribution in [3.05, 3.63) is 32.6 Å². The van der Waals surface area contributed by atoms with Gasteiger partial charge in [0.25, 0.3) is 5.56 Å². The fourth-order valence-corrected chi connectivity index (χ4v) is 2.44. The zero-order chi connectivity index (χ0) is 18.1. The minimum Gasteiger partial charge on any atom is -0.443 e. The average molecular weight is 340 g/mol. The van der Waals surface area contributed by atoms with Crippen LogP contribution >= 0.6 is 0 Å². The molecule has 1 aromatic rings. The van der Waals surface area contributed by atoms with E-state index in [0.29, 0.717) is 18.4 Å². The molecule has 1 fully saturated rings. The number of rotatable bonds is 4. The number of hydrogen-bond donors (Lipinski definition) is 1. The molecule has 134 valence electrons. The van der Waals surface area contributed by atoms with E-state index in [1.807, 2.05) is 0 Å². The predicted octanol–water partition coefficient (Wildman–Crippen LogP) is 0.535. The molecule has 1 saturated heterocycles. The summed E-state index contributed by atoms with van der Waals surface area (Å²) in [5, 5.41) is 9.15. The molecule has 24 heavy (non-hydrogen) atoms. The Bertz CT molecular complexity index is 728. The molecule has 2 rings (SSSR count). The molecule has 0 unspecified atom stereocenters. The summed E-state index contributed by atoms with van der Waals surface area (Å²) >= 11 is 0. The largest absolute Gasteiger partial charge is 0.443 e. The topological polar surface area (TPSA) is 99.8 Å². The molecule has 2 heterocycles. The summed E-state index contributed by atoms with van der Waals surface area (Å²) in [6, 6.07) is 0. The van der Waals surface area contributed by atoms with Crippen LogP contribution in [0.1, 0.15) is 45.4 Å². The SMILES string of the molecule is Cc1cn([C@H]2CC[C@@H](CO)O2)c(=O)n(COC(=O)C(C)(C)C)c1=O. The number of carbonyl (C=O) groups is 1. The van der Waals surface area contributed by atoms with Crippen LogP contribution in [0.4, 0.5) is 0 Å². The highest BCUT2D eigenvalue weighted by atomic mass is 16.5. The van der Waals surface area contributed by atoms with E-state index < -0.39 is 35.6 Å². The molecule has 8 heteroatoms. The molecule has 0 aliphatic carbocycles. The van der Waals surface area contributed by atoms with E-state index in [4.69, 9.17) is 14.6 Å². The van der Waals surface area contributed by atoms with E-state index in [9.17, 15) is 14.4 Å². The Labute approximate surface area is 139 Å². The third-order valence-corrected chi connectivity index (χ3v) is 3.90. The second-order valence-electron chi connectivity index (χ2n) is 7.02. The summed E-state index contributed by atoms with van der Waals surface area (Å²) in [4.78, 5) is 36.7. The zero-order valence-corrected chi connectivity index (χ0v) is 14.4. The lowest BCUT2D eigenvalue weighted by atomic mass is 9.98. The summed E-state index contributed by atoms with van der Waals surface area (Å²) < 4.78 is 12.9. The highest BCUT2D eigenvalue weighted by Crippen LogP contribution is 2.26. The van der Waals surface area contributed by atoms with Crippen LogP contribution in [-0.4, -0.2) is 32.9 Å². The number of aliphatic hydroxyl groups excluding tert-OH is 1. The Morgan fingerprint density at radius 2 is 2.04 bits per heavy atom. The molecule has 1 aliphatic rings. The van der Waals surface area contributed by atoms with Gasteiger partial charge in [0.15, 0.2) is 6.73 Å². The number of aryl methyl sites for hydroxylation is 1. The Morgan fingerprint density at radius 1 is 1.38 bits per heavy atom. The van der Waals surface area contributed by atoms with E-state index in [1.165, 1.54) is 10.8 Å². The van der Waals surface area contributed by atoms with Crippen LogP contribution in [0.25, 0.3) is 0 Å². The normalized spacial score (nSPS) is 21.0. The van der Waals surface area contributed by atoms with Gasteiger partial charge in [0.2, 0.25) is 0 Å². The maximum atomic E-state index is 12.6. The van der Waals surface area contributed by atoms with Crippen molar-refractivity contribution in [2.45, 2.75) is 59.6 Å². The standard InChI is InChI=1S/C16H24N2O6/c1-10-7-17(12-6-5-11(8-19)24-12)15(22)18(13(10)20)9-23-14(21)16(2,3)4/h7,11-12,19H,5-6,8-9H2,1-4H3/t11-,12+/m0/s1. The number of nitrogens with zero attached hydrogens (tertiary/aromatic N) is 2. The molecular formula is C16H24N2O6. The fraction of sp³-hybridized carbons (Fsp3) is 0.688. The van der Waals surface area contributed by atoms with Crippen molar-refractivity contribution in [3.8, 4) is 0 Å². The first-order valence-corrected chi connectivity index (χ1v) is 7.91. The van der Waals surface area contributed by atoms with Gasteiger partial charge in [0.1, 0.15) is 6.23 Å². The quantitative estimate of drug-likeness (QED) is 0.803. The number of ether oxygens (including phenoxy) is 2. The monoisotopic (exact) mass is 340 g/mol. The van der Waals surface area contributed by atoms with Crippen LogP contribution in [0.15, 0.2) is 15.8 Å². The molecule has 0 aromatic carbocycles. The number of carbonyl (C=O) groups excluding carboxylic acids is 1. The van der Waals surface area contributed by atoms with E-state index in [1.54, 1.807) is 27.7 Å². The molecule has 1 N–H and O–H groups in total. The smallest absolute Gasteiger partial charge is 0.335 e. The van der Waals surface area contributed by atoms with Gasteiger partial charge in [0, 0.05) is 11.8 Å². The van der Waals surface area contributed by atoms with Gasteiger partial charge in [-0.05, 0) is 40.5 Å². The Kier molecular flexibility index (Phi) is 5.29. The summed E-state index contributed by atoms with van der Waals surface area (Å²) in [5.41, 5.74) is -1.49. The van der Waals surface area contributed by atoms with E-state index in [2.05, 4.69) is 0 Å². The van der Waals surface area contributed by atoms with Gasteiger partial charge in [-0.15, -0.1) is 0 Å². The Balaban J connectivity index is 2.30. The minimum atomic E-state index is -0.727. The van der Waals surface area contributed by atoms with E-state index in [0.717, 1.165) is 4.57 Å². The molecule has 2 atom stereocenters. The summed E-state index contributed by atoms with van der Waals surface area (Å²) in [6.45, 7) is 6.09.